The third kappa shape index (κ3) is 3.86. The number of hydrogen-bond acceptors (Lipinski definition) is 2. The van der Waals surface area contributed by atoms with Gasteiger partial charge in [0.25, 0.3) is 0 Å². The minimum atomic E-state index is -0.259. The topological polar surface area (TPSA) is 49.3 Å². The first-order chi connectivity index (χ1) is 9.15. The van der Waals surface area contributed by atoms with Gasteiger partial charge in [-0.3, -0.25) is 4.79 Å². The summed E-state index contributed by atoms with van der Waals surface area (Å²) in [6.07, 6.45) is 3.16. The number of anilines is 1. The van der Waals surface area contributed by atoms with Crippen molar-refractivity contribution in [2.24, 2.45) is 0 Å². The van der Waals surface area contributed by atoms with Gasteiger partial charge < -0.3 is 10.4 Å². The van der Waals surface area contributed by atoms with E-state index in [9.17, 15) is 9.90 Å². The van der Waals surface area contributed by atoms with Gasteiger partial charge in [0.2, 0.25) is 5.91 Å². The van der Waals surface area contributed by atoms with Gasteiger partial charge in [-0.1, -0.05) is 41.9 Å². The lowest BCUT2D eigenvalue weighted by Gasteiger charge is -2.03. The van der Waals surface area contributed by atoms with E-state index in [2.05, 4.69) is 5.32 Å². The van der Waals surface area contributed by atoms with E-state index in [0.717, 1.165) is 5.56 Å². The van der Waals surface area contributed by atoms with Crippen molar-refractivity contribution in [1.82, 2.24) is 0 Å². The van der Waals surface area contributed by atoms with Crippen LogP contribution in [0.1, 0.15) is 5.56 Å². The molecule has 96 valence electrons. The van der Waals surface area contributed by atoms with Crippen molar-refractivity contribution in [3.63, 3.8) is 0 Å². The highest BCUT2D eigenvalue weighted by Gasteiger charge is 2.02. The van der Waals surface area contributed by atoms with Gasteiger partial charge in [0, 0.05) is 11.8 Å². The third-order valence-corrected chi connectivity index (χ3v) is 2.74. The van der Waals surface area contributed by atoms with Crippen LogP contribution >= 0.6 is 11.6 Å². The van der Waals surface area contributed by atoms with Crippen LogP contribution in [-0.2, 0) is 4.79 Å². The highest BCUT2D eigenvalue weighted by Crippen LogP contribution is 2.25. The SMILES string of the molecule is O=C(/C=C/c1ccccc1)Nc1ccc(O)c(Cl)c1. The average molecular weight is 274 g/mol. The van der Waals surface area contributed by atoms with Crippen LogP contribution in [0.3, 0.4) is 0 Å². The number of carbonyl (C=O) groups is 1. The van der Waals surface area contributed by atoms with Crippen LogP contribution in [0.2, 0.25) is 5.02 Å². The van der Waals surface area contributed by atoms with Crippen LogP contribution in [0.25, 0.3) is 6.08 Å². The van der Waals surface area contributed by atoms with Crippen molar-refractivity contribution in [1.29, 1.82) is 0 Å². The van der Waals surface area contributed by atoms with Gasteiger partial charge in [-0.05, 0) is 29.8 Å². The molecular formula is C15H12ClNO2. The Kier molecular flexibility index (Phi) is 4.21. The molecule has 0 saturated carbocycles. The Morgan fingerprint density at radius 1 is 1.16 bits per heavy atom. The van der Waals surface area contributed by atoms with Gasteiger partial charge in [0.15, 0.2) is 0 Å². The number of amides is 1. The van der Waals surface area contributed by atoms with Crippen LogP contribution in [0.15, 0.2) is 54.6 Å². The molecule has 0 radical (unpaired) electrons. The number of phenols is 1. The smallest absolute Gasteiger partial charge is 0.248 e. The summed E-state index contributed by atoms with van der Waals surface area (Å²) in [5.41, 5.74) is 1.48. The fraction of sp³-hybridized carbons (Fsp3) is 0. The van der Waals surface area contributed by atoms with Gasteiger partial charge in [0.1, 0.15) is 5.75 Å². The number of rotatable bonds is 3. The molecule has 2 rings (SSSR count). The average Bonchev–Trinajstić information content (AvgIpc) is 2.42. The summed E-state index contributed by atoms with van der Waals surface area (Å²) in [5, 5.41) is 12.1. The predicted molar refractivity (Wildman–Crippen MR) is 77.2 cm³/mol. The first-order valence-corrected chi connectivity index (χ1v) is 6.05. The molecule has 0 spiro atoms. The number of phenolic OH excluding ortho intramolecular Hbond substituents is 1. The second kappa shape index (κ2) is 6.07. The minimum absolute atomic E-state index is 0.0144. The van der Waals surface area contributed by atoms with E-state index in [1.54, 1.807) is 12.1 Å². The van der Waals surface area contributed by atoms with Crippen molar-refractivity contribution in [3.05, 3.63) is 65.2 Å². The molecule has 0 fully saturated rings. The van der Waals surface area contributed by atoms with Gasteiger partial charge in [-0.25, -0.2) is 0 Å². The molecule has 19 heavy (non-hydrogen) atoms. The molecule has 0 aliphatic heterocycles. The van der Waals surface area contributed by atoms with Crippen LogP contribution < -0.4 is 5.32 Å². The highest BCUT2D eigenvalue weighted by molar-refractivity contribution is 6.32. The number of hydrogen-bond donors (Lipinski definition) is 2. The molecule has 2 aromatic rings. The Balaban J connectivity index is 2.01. The quantitative estimate of drug-likeness (QED) is 0.662. The van der Waals surface area contributed by atoms with Crippen LogP contribution in [-0.4, -0.2) is 11.0 Å². The molecule has 0 heterocycles. The largest absolute Gasteiger partial charge is 0.506 e. The Hall–Kier alpha value is -2.26. The van der Waals surface area contributed by atoms with Crippen LogP contribution in [0.4, 0.5) is 5.69 Å². The molecular weight excluding hydrogens is 262 g/mol. The fourth-order valence-corrected chi connectivity index (χ4v) is 1.69. The molecule has 0 bridgehead atoms. The van der Waals surface area contributed by atoms with Gasteiger partial charge in [0.05, 0.1) is 5.02 Å². The molecule has 0 atom stereocenters. The lowest BCUT2D eigenvalue weighted by molar-refractivity contribution is -0.111. The summed E-state index contributed by atoms with van der Waals surface area (Å²) in [6, 6.07) is 14.0. The Labute approximate surface area is 116 Å². The van der Waals surface area contributed by atoms with Crippen molar-refractivity contribution in [2.75, 3.05) is 5.32 Å². The minimum Gasteiger partial charge on any atom is -0.506 e. The molecule has 0 unspecified atom stereocenters. The van der Waals surface area contributed by atoms with E-state index in [-0.39, 0.29) is 16.7 Å². The summed E-state index contributed by atoms with van der Waals surface area (Å²) in [4.78, 5) is 11.7. The molecule has 2 N–H and O–H groups in total. The normalized spacial score (nSPS) is 10.6. The maximum absolute atomic E-state index is 11.7. The third-order valence-electron chi connectivity index (χ3n) is 2.44. The van der Waals surface area contributed by atoms with Gasteiger partial charge >= 0.3 is 0 Å². The Morgan fingerprint density at radius 3 is 2.58 bits per heavy atom. The number of benzene rings is 2. The van der Waals surface area contributed by atoms with Crippen molar-refractivity contribution < 1.29 is 9.90 Å². The summed E-state index contributed by atoms with van der Waals surface area (Å²) in [7, 11) is 0. The van der Waals surface area contributed by atoms with E-state index >= 15 is 0 Å². The van der Waals surface area contributed by atoms with E-state index in [0.29, 0.717) is 5.69 Å². The molecule has 4 heteroatoms. The zero-order valence-corrected chi connectivity index (χ0v) is 10.8. The Morgan fingerprint density at radius 2 is 1.89 bits per heavy atom. The van der Waals surface area contributed by atoms with Crippen LogP contribution in [0.5, 0.6) is 5.75 Å². The first kappa shape index (κ1) is 13.2. The zero-order chi connectivity index (χ0) is 13.7. The lowest BCUT2D eigenvalue weighted by Crippen LogP contribution is -2.07. The fourth-order valence-electron chi connectivity index (χ4n) is 1.50. The highest BCUT2D eigenvalue weighted by atomic mass is 35.5. The molecule has 3 nitrogen and oxygen atoms in total. The van der Waals surface area contributed by atoms with Gasteiger partial charge in [-0.15, -0.1) is 0 Å². The van der Waals surface area contributed by atoms with E-state index in [4.69, 9.17) is 11.6 Å². The molecule has 0 aliphatic rings. The zero-order valence-electron chi connectivity index (χ0n) is 10.0. The second-order valence-electron chi connectivity index (χ2n) is 3.90. The maximum atomic E-state index is 11.7. The van der Waals surface area contributed by atoms with Crippen molar-refractivity contribution >= 4 is 29.3 Å². The van der Waals surface area contributed by atoms with Crippen molar-refractivity contribution in [3.8, 4) is 5.75 Å². The molecule has 0 aliphatic carbocycles. The first-order valence-electron chi connectivity index (χ1n) is 5.68. The molecule has 1 amide bonds. The van der Waals surface area contributed by atoms with E-state index in [1.165, 1.54) is 18.2 Å². The van der Waals surface area contributed by atoms with Crippen molar-refractivity contribution in [2.45, 2.75) is 0 Å². The summed E-state index contributed by atoms with van der Waals surface area (Å²) in [5.74, 6) is -0.273. The van der Waals surface area contributed by atoms with Gasteiger partial charge in [-0.2, -0.15) is 0 Å². The standard InChI is InChI=1S/C15H12ClNO2/c16-13-10-12(7-8-14(13)18)17-15(19)9-6-11-4-2-1-3-5-11/h1-10,18H,(H,17,19)/b9-6+. The molecule has 2 aromatic carbocycles. The number of aromatic hydroxyl groups is 1. The predicted octanol–water partition coefficient (Wildman–Crippen LogP) is 3.70. The number of halogens is 1. The monoisotopic (exact) mass is 273 g/mol. The van der Waals surface area contributed by atoms with E-state index < -0.39 is 0 Å². The summed E-state index contributed by atoms with van der Waals surface area (Å²) >= 11 is 5.75. The number of carbonyl (C=O) groups excluding carboxylic acids is 1. The summed E-state index contributed by atoms with van der Waals surface area (Å²) in [6.45, 7) is 0. The van der Waals surface area contributed by atoms with Crippen LogP contribution in [0, 0.1) is 0 Å². The summed E-state index contributed by atoms with van der Waals surface area (Å²) < 4.78 is 0. The van der Waals surface area contributed by atoms with E-state index in [1.807, 2.05) is 30.3 Å². The second-order valence-corrected chi connectivity index (χ2v) is 4.31. The number of nitrogens with one attached hydrogen (secondary N) is 1. The molecule has 0 saturated heterocycles. The maximum Gasteiger partial charge on any atom is 0.248 e. The Bertz CT molecular complexity index is 609. The lowest BCUT2D eigenvalue weighted by atomic mass is 10.2. The molecule has 0 aromatic heterocycles.